The Morgan fingerprint density at radius 2 is 1.67 bits per heavy atom. The van der Waals surface area contributed by atoms with Gasteiger partial charge >= 0.3 is 0 Å². The monoisotopic (exact) mass is 470 g/mol. The van der Waals surface area contributed by atoms with Gasteiger partial charge in [-0.25, -0.2) is 8.42 Å². The van der Waals surface area contributed by atoms with E-state index < -0.39 is 15.9 Å². The van der Waals surface area contributed by atoms with Crippen LogP contribution in [0.3, 0.4) is 0 Å². The van der Waals surface area contributed by atoms with Gasteiger partial charge in [-0.2, -0.15) is 4.31 Å². The van der Waals surface area contributed by atoms with Crippen LogP contribution in [0.5, 0.6) is 0 Å². The normalized spacial score (nSPS) is 19.5. The van der Waals surface area contributed by atoms with Crippen LogP contribution < -0.4 is 10.7 Å². The maximum atomic E-state index is 13.0. The van der Waals surface area contributed by atoms with E-state index in [4.69, 9.17) is 9.15 Å². The topological polar surface area (TPSA) is 106 Å². The third-order valence-corrected chi connectivity index (χ3v) is 7.62. The molecule has 2 heterocycles. The van der Waals surface area contributed by atoms with Crippen molar-refractivity contribution in [3.8, 4) is 0 Å². The number of carbonyl (C=O) groups is 1. The number of sulfonamides is 1. The van der Waals surface area contributed by atoms with Crippen LogP contribution in [-0.4, -0.2) is 43.9 Å². The minimum Gasteiger partial charge on any atom is -0.450 e. The number of ether oxygens (including phenoxy) is 1. The number of aryl methyl sites for hydroxylation is 2. The molecule has 4 rings (SSSR count). The lowest BCUT2D eigenvalue weighted by Gasteiger charge is -2.34. The second kappa shape index (κ2) is 8.74. The molecule has 0 aliphatic carbocycles. The van der Waals surface area contributed by atoms with Crippen molar-refractivity contribution in [2.75, 3.05) is 18.4 Å². The lowest BCUT2D eigenvalue weighted by Crippen LogP contribution is -2.48. The van der Waals surface area contributed by atoms with Gasteiger partial charge < -0.3 is 14.5 Å². The summed E-state index contributed by atoms with van der Waals surface area (Å²) in [6.07, 6.45) is -0.378. The molecule has 0 spiro atoms. The van der Waals surface area contributed by atoms with Crippen molar-refractivity contribution in [1.29, 1.82) is 0 Å². The molecule has 2 unspecified atom stereocenters. The number of hydrogen-bond acceptors (Lipinski definition) is 6. The lowest BCUT2D eigenvalue weighted by atomic mass is 10.1. The van der Waals surface area contributed by atoms with Crippen LogP contribution in [-0.2, 0) is 14.8 Å². The second-order valence-corrected chi connectivity index (χ2v) is 10.4. The van der Waals surface area contributed by atoms with Crippen LogP contribution in [0.25, 0.3) is 11.0 Å². The summed E-state index contributed by atoms with van der Waals surface area (Å²) in [5.41, 5.74) is 2.19. The minimum absolute atomic E-state index is 0.116. The number of carbonyl (C=O) groups excluding carboxylic acids is 1. The number of morpholine rings is 1. The van der Waals surface area contributed by atoms with Gasteiger partial charge in [0, 0.05) is 24.8 Å². The van der Waals surface area contributed by atoms with Gasteiger partial charge in [0.05, 0.1) is 22.5 Å². The molecular formula is C24H26N2O6S. The van der Waals surface area contributed by atoms with E-state index in [0.717, 1.165) is 17.2 Å². The first kappa shape index (κ1) is 23.2. The third kappa shape index (κ3) is 4.57. The summed E-state index contributed by atoms with van der Waals surface area (Å²) in [6.45, 7) is 7.97. The zero-order chi connectivity index (χ0) is 23.9. The van der Waals surface area contributed by atoms with E-state index >= 15 is 0 Å². The average Bonchev–Trinajstić information content (AvgIpc) is 2.76. The first-order chi connectivity index (χ1) is 15.6. The van der Waals surface area contributed by atoms with Crippen molar-refractivity contribution in [3.63, 3.8) is 0 Å². The summed E-state index contributed by atoms with van der Waals surface area (Å²) in [5.74, 6) is -0.712. The molecule has 174 valence electrons. The molecule has 2 aromatic carbocycles. The number of nitrogens with one attached hydrogen (secondary N) is 1. The molecule has 1 aromatic heterocycles. The van der Waals surface area contributed by atoms with E-state index in [1.54, 1.807) is 6.07 Å². The summed E-state index contributed by atoms with van der Waals surface area (Å²) >= 11 is 0. The fraction of sp³-hybridized carbons (Fsp3) is 0.333. The summed E-state index contributed by atoms with van der Waals surface area (Å²) < 4.78 is 38.7. The summed E-state index contributed by atoms with van der Waals surface area (Å²) in [7, 11) is -3.68. The zero-order valence-corrected chi connectivity index (χ0v) is 19.7. The predicted molar refractivity (Wildman–Crippen MR) is 125 cm³/mol. The largest absolute Gasteiger partial charge is 0.450 e. The Labute approximate surface area is 192 Å². The van der Waals surface area contributed by atoms with Crippen LogP contribution in [0.4, 0.5) is 5.69 Å². The van der Waals surface area contributed by atoms with Gasteiger partial charge in [-0.1, -0.05) is 6.07 Å². The Morgan fingerprint density at radius 3 is 2.30 bits per heavy atom. The number of benzene rings is 2. The highest BCUT2D eigenvalue weighted by atomic mass is 32.2. The summed E-state index contributed by atoms with van der Waals surface area (Å²) in [4.78, 5) is 25.3. The number of hydrogen-bond donors (Lipinski definition) is 1. The van der Waals surface area contributed by atoms with Crippen LogP contribution in [0.15, 0.2) is 56.6 Å². The molecule has 1 aliphatic rings. The van der Waals surface area contributed by atoms with Gasteiger partial charge in [-0.05, 0) is 69.2 Å². The fourth-order valence-corrected chi connectivity index (χ4v) is 5.53. The second-order valence-electron chi connectivity index (χ2n) is 8.42. The van der Waals surface area contributed by atoms with E-state index in [-0.39, 0.29) is 41.4 Å². The molecule has 1 fully saturated rings. The Hall–Kier alpha value is -3.01. The van der Waals surface area contributed by atoms with Crippen molar-refractivity contribution in [2.24, 2.45) is 0 Å². The number of rotatable bonds is 4. The van der Waals surface area contributed by atoms with Crippen LogP contribution in [0.2, 0.25) is 0 Å². The maximum Gasteiger partial charge on any atom is 0.291 e. The zero-order valence-electron chi connectivity index (χ0n) is 18.9. The molecule has 0 radical (unpaired) electrons. The molecular weight excluding hydrogens is 444 g/mol. The number of amides is 1. The highest BCUT2D eigenvalue weighted by molar-refractivity contribution is 7.89. The van der Waals surface area contributed by atoms with Gasteiger partial charge in [0.2, 0.25) is 10.0 Å². The van der Waals surface area contributed by atoms with E-state index in [1.165, 1.54) is 28.6 Å². The molecule has 2 atom stereocenters. The molecule has 1 saturated heterocycles. The Morgan fingerprint density at radius 1 is 1.03 bits per heavy atom. The molecule has 0 bridgehead atoms. The van der Waals surface area contributed by atoms with Crippen molar-refractivity contribution in [1.82, 2.24) is 4.31 Å². The number of anilines is 1. The molecule has 1 aliphatic heterocycles. The van der Waals surface area contributed by atoms with Crippen LogP contribution in [0.1, 0.15) is 35.5 Å². The predicted octanol–water partition coefficient (Wildman–Crippen LogP) is 3.46. The molecule has 0 saturated carbocycles. The quantitative estimate of drug-likeness (QED) is 0.626. The minimum atomic E-state index is -3.68. The number of fused-ring (bicyclic) bond motifs is 1. The van der Waals surface area contributed by atoms with E-state index in [9.17, 15) is 18.0 Å². The third-order valence-electron chi connectivity index (χ3n) is 5.78. The van der Waals surface area contributed by atoms with Crippen molar-refractivity contribution in [3.05, 3.63) is 69.6 Å². The van der Waals surface area contributed by atoms with E-state index in [2.05, 4.69) is 5.32 Å². The Kier molecular flexibility index (Phi) is 6.13. The van der Waals surface area contributed by atoms with Gasteiger partial charge in [0.25, 0.3) is 5.91 Å². The van der Waals surface area contributed by atoms with Crippen LogP contribution >= 0.6 is 0 Å². The van der Waals surface area contributed by atoms with E-state index in [0.29, 0.717) is 16.7 Å². The van der Waals surface area contributed by atoms with Gasteiger partial charge in [0.15, 0.2) is 11.2 Å². The van der Waals surface area contributed by atoms with E-state index in [1.807, 2.05) is 33.8 Å². The molecule has 33 heavy (non-hydrogen) atoms. The maximum absolute atomic E-state index is 13.0. The number of nitrogens with zero attached hydrogens (tertiary/aromatic N) is 1. The average molecular weight is 471 g/mol. The van der Waals surface area contributed by atoms with Crippen LogP contribution in [0, 0.1) is 13.8 Å². The molecule has 1 N–H and O–H groups in total. The van der Waals surface area contributed by atoms with Gasteiger partial charge in [-0.3, -0.25) is 9.59 Å². The molecule has 1 amide bonds. The first-order valence-electron chi connectivity index (χ1n) is 10.7. The summed E-state index contributed by atoms with van der Waals surface area (Å²) in [5, 5.41) is 3.07. The molecule has 9 heteroatoms. The van der Waals surface area contributed by atoms with Crippen molar-refractivity contribution >= 4 is 32.6 Å². The van der Waals surface area contributed by atoms with Gasteiger partial charge in [-0.15, -0.1) is 0 Å². The smallest absolute Gasteiger partial charge is 0.291 e. The first-order valence-corrected chi connectivity index (χ1v) is 12.1. The lowest BCUT2D eigenvalue weighted by molar-refractivity contribution is -0.0440. The standard InChI is InChI=1S/C24H26N2O6S/c1-14-5-10-20-21(27)11-22(32-23(20)17(14)4)24(28)25-18-6-8-19(9-7-18)33(29,30)26-12-15(2)31-16(3)13-26/h5-11,15-16H,12-13H2,1-4H3,(H,25,28). The SMILES string of the molecule is Cc1ccc2c(=O)cc(C(=O)Nc3ccc(S(=O)(=O)N4CC(C)OC(C)C4)cc3)oc2c1C. The fourth-order valence-electron chi connectivity index (χ4n) is 3.94. The Balaban J connectivity index is 1.55. The molecule has 3 aromatic rings. The highest BCUT2D eigenvalue weighted by Gasteiger charge is 2.32. The molecule has 8 nitrogen and oxygen atoms in total. The highest BCUT2D eigenvalue weighted by Crippen LogP contribution is 2.24. The van der Waals surface area contributed by atoms with Crippen molar-refractivity contribution in [2.45, 2.75) is 44.8 Å². The van der Waals surface area contributed by atoms with Gasteiger partial charge in [0.1, 0.15) is 5.58 Å². The Bertz CT molecular complexity index is 1370. The summed E-state index contributed by atoms with van der Waals surface area (Å²) in [6, 6.07) is 10.6. The van der Waals surface area contributed by atoms with Crippen molar-refractivity contribution < 1.29 is 22.4 Å².